The van der Waals surface area contributed by atoms with Crippen LogP contribution in [-0.4, -0.2) is 10.9 Å². The molecule has 0 aromatic heterocycles. The lowest BCUT2D eigenvalue weighted by Crippen LogP contribution is -1.95. The quantitative estimate of drug-likeness (QED) is 0.433. The molecule has 0 saturated carbocycles. The van der Waals surface area contributed by atoms with E-state index in [0.29, 0.717) is 11.1 Å². The molecule has 0 aliphatic carbocycles. The van der Waals surface area contributed by atoms with Gasteiger partial charge in [0.25, 0.3) is 0 Å². The van der Waals surface area contributed by atoms with Crippen LogP contribution in [0.4, 0.5) is 0 Å². The van der Waals surface area contributed by atoms with Gasteiger partial charge in [0, 0.05) is 17.2 Å². The highest BCUT2D eigenvalue weighted by Crippen LogP contribution is 2.11. The number of allylic oxidation sites excluding steroid dienone is 1. The normalized spacial score (nSPS) is 10.3. The zero-order valence-electron chi connectivity index (χ0n) is 7.60. The van der Waals surface area contributed by atoms with Crippen LogP contribution in [0.3, 0.4) is 0 Å². The van der Waals surface area contributed by atoms with Crippen molar-refractivity contribution >= 4 is 11.5 Å². The molecule has 3 N–H and O–H groups in total. The van der Waals surface area contributed by atoms with Gasteiger partial charge < -0.3 is 10.8 Å². The average molecular weight is 189 g/mol. The lowest BCUT2D eigenvalue weighted by molar-refractivity contribution is 0.104. The third-order valence-corrected chi connectivity index (χ3v) is 1.75. The smallest absolute Gasteiger partial charge is 0.187 e. The van der Waals surface area contributed by atoms with E-state index in [1.165, 1.54) is 12.3 Å². The predicted octanol–water partition coefficient (Wildman–Crippen LogP) is 1.87. The number of nitrogens with two attached hydrogens (primary N) is 1. The van der Waals surface area contributed by atoms with E-state index in [1.54, 1.807) is 24.3 Å². The lowest BCUT2D eigenvalue weighted by Gasteiger charge is -1.99. The molecule has 0 atom stereocenters. The summed E-state index contributed by atoms with van der Waals surface area (Å²) < 4.78 is 0. The summed E-state index contributed by atoms with van der Waals surface area (Å²) in [4.78, 5) is 11.3. The summed E-state index contributed by atoms with van der Waals surface area (Å²) in [5, 5.41) is 9.04. The highest BCUT2D eigenvalue weighted by Gasteiger charge is 2.01. The van der Waals surface area contributed by atoms with E-state index in [-0.39, 0.29) is 11.5 Å². The standard InChI is InChI=1S/C11H11NO2/c1-8(13)9-2-4-10(5-3-9)11(14)6-7-12/h2-7,13H,1,12H2. The van der Waals surface area contributed by atoms with Gasteiger partial charge in [-0.25, -0.2) is 0 Å². The maximum absolute atomic E-state index is 11.3. The number of ketones is 1. The topological polar surface area (TPSA) is 63.3 Å². The molecule has 0 aliphatic heterocycles. The molecule has 0 unspecified atom stereocenters. The Morgan fingerprint density at radius 3 is 2.21 bits per heavy atom. The van der Waals surface area contributed by atoms with Crippen LogP contribution in [0.5, 0.6) is 0 Å². The second-order valence-corrected chi connectivity index (χ2v) is 2.75. The van der Waals surface area contributed by atoms with E-state index in [4.69, 9.17) is 10.8 Å². The SMILES string of the molecule is C=C(O)c1ccc(C(=O)C=CN)cc1. The minimum atomic E-state index is -0.164. The molecule has 0 spiro atoms. The van der Waals surface area contributed by atoms with Crippen LogP contribution in [0.1, 0.15) is 15.9 Å². The third kappa shape index (κ3) is 2.23. The van der Waals surface area contributed by atoms with Crippen LogP contribution < -0.4 is 5.73 Å². The van der Waals surface area contributed by atoms with Crippen LogP contribution >= 0.6 is 0 Å². The average Bonchev–Trinajstić information content (AvgIpc) is 2.18. The first-order valence-electron chi connectivity index (χ1n) is 4.06. The molecule has 3 heteroatoms. The monoisotopic (exact) mass is 189 g/mol. The Kier molecular flexibility index (Phi) is 3.07. The first-order chi connectivity index (χ1) is 6.65. The maximum atomic E-state index is 11.3. The van der Waals surface area contributed by atoms with Gasteiger partial charge in [0.2, 0.25) is 0 Å². The number of carbonyl (C=O) groups excluding carboxylic acids is 1. The Morgan fingerprint density at radius 2 is 1.79 bits per heavy atom. The van der Waals surface area contributed by atoms with E-state index in [2.05, 4.69) is 6.58 Å². The van der Waals surface area contributed by atoms with Crippen molar-refractivity contribution in [2.24, 2.45) is 5.73 Å². The van der Waals surface area contributed by atoms with Crippen LogP contribution in [-0.2, 0) is 0 Å². The van der Waals surface area contributed by atoms with E-state index >= 15 is 0 Å². The molecule has 14 heavy (non-hydrogen) atoms. The van der Waals surface area contributed by atoms with Gasteiger partial charge in [-0.15, -0.1) is 0 Å². The summed E-state index contributed by atoms with van der Waals surface area (Å²) in [6, 6.07) is 6.47. The van der Waals surface area contributed by atoms with Crippen LogP contribution in [0.25, 0.3) is 5.76 Å². The molecule has 72 valence electrons. The van der Waals surface area contributed by atoms with Crippen LogP contribution in [0.15, 0.2) is 43.1 Å². The first-order valence-corrected chi connectivity index (χ1v) is 4.06. The van der Waals surface area contributed by atoms with Gasteiger partial charge in [-0.2, -0.15) is 0 Å². The van der Waals surface area contributed by atoms with Gasteiger partial charge in [0.15, 0.2) is 5.78 Å². The minimum Gasteiger partial charge on any atom is -0.508 e. The Balaban J connectivity index is 2.94. The van der Waals surface area contributed by atoms with Gasteiger partial charge in [-0.05, 0) is 6.20 Å². The molecule has 1 aromatic carbocycles. The number of aliphatic hydroxyl groups is 1. The van der Waals surface area contributed by atoms with E-state index < -0.39 is 0 Å². The van der Waals surface area contributed by atoms with Gasteiger partial charge in [0.1, 0.15) is 5.76 Å². The highest BCUT2D eigenvalue weighted by molar-refractivity contribution is 6.04. The highest BCUT2D eigenvalue weighted by atomic mass is 16.3. The number of rotatable bonds is 3. The van der Waals surface area contributed by atoms with Crippen LogP contribution in [0, 0.1) is 0 Å². The number of benzene rings is 1. The summed E-state index contributed by atoms with van der Waals surface area (Å²) in [5.74, 6) is -0.180. The predicted molar refractivity (Wildman–Crippen MR) is 55.8 cm³/mol. The summed E-state index contributed by atoms with van der Waals surface area (Å²) in [6.45, 7) is 3.37. The van der Waals surface area contributed by atoms with Crippen molar-refractivity contribution in [3.05, 3.63) is 54.2 Å². The Hall–Kier alpha value is -2.03. The molecule has 0 radical (unpaired) electrons. The van der Waals surface area contributed by atoms with Gasteiger partial charge >= 0.3 is 0 Å². The van der Waals surface area contributed by atoms with Crippen molar-refractivity contribution in [2.45, 2.75) is 0 Å². The Labute approximate surface area is 82.2 Å². The molecule has 0 aliphatic rings. The number of carbonyl (C=O) groups is 1. The third-order valence-electron chi connectivity index (χ3n) is 1.75. The van der Waals surface area contributed by atoms with Crippen molar-refractivity contribution < 1.29 is 9.90 Å². The second kappa shape index (κ2) is 4.28. The zero-order valence-corrected chi connectivity index (χ0v) is 7.60. The number of hydrogen-bond donors (Lipinski definition) is 2. The van der Waals surface area contributed by atoms with Gasteiger partial charge in [-0.3, -0.25) is 4.79 Å². The van der Waals surface area contributed by atoms with Crippen LogP contribution in [0.2, 0.25) is 0 Å². The molecule has 0 amide bonds. The summed E-state index contributed by atoms with van der Waals surface area (Å²) in [6.07, 6.45) is 2.48. The molecular weight excluding hydrogens is 178 g/mol. The summed E-state index contributed by atoms with van der Waals surface area (Å²) in [5.41, 5.74) is 6.21. The Bertz CT molecular complexity index is 377. The number of aliphatic hydroxyl groups excluding tert-OH is 1. The van der Waals surface area contributed by atoms with Crippen molar-refractivity contribution in [1.82, 2.24) is 0 Å². The fourth-order valence-corrected chi connectivity index (χ4v) is 1.01. The van der Waals surface area contributed by atoms with Gasteiger partial charge in [0.05, 0.1) is 0 Å². The van der Waals surface area contributed by atoms with E-state index in [0.717, 1.165) is 0 Å². The van der Waals surface area contributed by atoms with Gasteiger partial charge in [-0.1, -0.05) is 30.8 Å². The fraction of sp³-hybridized carbons (Fsp3) is 0. The number of hydrogen-bond acceptors (Lipinski definition) is 3. The van der Waals surface area contributed by atoms with E-state index in [1.807, 2.05) is 0 Å². The van der Waals surface area contributed by atoms with Crippen molar-refractivity contribution in [3.8, 4) is 0 Å². The minimum absolute atomic E-state index is 0.0154. The molecule has 0 fully saturated rings. The fourth-order valence-electron chi connectivity index (χ4n) is 1.01. The molecule has 1 aromatic rings. The zero-order chi connectivity index (χ0) is 10.6. The second-order valence-electron chi connectivity index (χ2n) is 2.75. The van der Waals surface area contributed by atoms with Crippen molar-refractivity contribution in [3.63, 3.8) is 0 Å². The lowest BCUT2D eigenvalue weighted by atomic mass is 10.1. The summed E-state index contributed by atoms with van der Waals surface area (Å²) in [7, 11) is 0. The molecular formula is C11H11NO2. The molecule has 0 bridgehead atoms. The molecule has 3 nitrogen and oxygen atoms in total. The maximum Gasteiger partial charge on any atom is 0.187 e. The van der Waals surface area contributed by atoms with Crippen molar-refractivity contribution in [1.29, 1.82) is 0 Å². The molecule has 0 saturated heterocycles. The van der Waals surface area contributed by atoms with E-state index in [9.17, 15) is 4.79 Å². The summed E-state index contributed by atoms with van der Waals surface area (Å²) >= 11 is 0. The molecule has 1 rings (SSSR count). The largest absolute Gasteiger partial charge is 0.508 e. The van der Waals surface area contributed by atoms with Crippen molar-refractivity contribution in [2.75, 3.05) is 0 Å². The Morgan fingerprint density at radius 1 is 1.29 bits per heavy atom. The molecule has 0 heterocycles. The first kappa shape index (κ1) is 10.1.